The highest BCUT2D eigenvalue weighted by atomic mass is 32.2. The number of Topliss-reactive ketones (excluding diaryl/α,β-unsaturated/α-hetero) is 1. The Hall–Kier alpha value is -1.87. The van der Waals surface area contributed by atoms with Crippen LogP contribution in [0.3, 0.4) is 0 Å². The van der Waals surface area contributed by atoms with Crippen molar-refractivity contribution in [1.29, 1.82) is 0 Å². The standard InChI is InChI=1S/C19H25FN2O4S2/c1-4-15-17(22-27(24)5-2)7-6-16(20)18(15)19(23)13(3)8-10-21-14-9-11-28(25,26)12-14/h6-8,10,14,22H,4-5,9,11-12H2,1-3H3/b13-8-,21-10?. The summed E-state index contributed by atoms with van der Waals surface area (Å²) >= 11 is 0. The Labute approximate surface area is 167 Å². The molecule has 28 heavy (non-hydrogen) atoms. The van der Waals surface area contributed by atoms with Gasteiger partial charge in [-0.1, -0.05) is 13.8 Å². The quantitative estimate of drug-likeness (QED) is 0.391. The van der Waals surface area contributed by atoms with E-state index in [0.717, 1.165) is 0 Å². The second-order valence-corrected chi connectivity index (χ2v) is 10.3. The van der Waals surface area contributed by atoms with Crippen molar-refractivity contribution < 1.29 is 21.8 Å². The minimum atomic E-state index is -3.02. The first-order chi connectivity index (χ1) is 13.2. The average Bonchev–Trinajstić information content (AvgIpc) is 3.00. The number of benzene rings is 1. The minimum absolute atomic E-state index is 0.0151. The topological polar surface area (TPSA) is 92.7 Å². The van der Waals surface area contributed by atoms with Crippen LogP contribution in [0, 0.1) is 5.82 Å². The second-order valence-electron chi connectivity index (χ2n) is 6.57. The average molecular weight is 429 g/mol. The predicted molar refractivity (Wildman–Crippen MR) is 112 cm³/mol. The van der Waals surface area contributed by atoms with Gasteiger partial charge in [0.1, 0.15) is 16.8 Å². The molecule has 1 heterocycles. The van der Waals surface area contributed by atoms with Gasteiger partial charge in [0, 0.05) is 12.0 Å². The summed E-state index contributed by atoms with van der Waals surface area (Å²) in [7, 11) is -4.33. The Morgan fingerprint density at radius 3 is 2.68 bits per heavy atom. The maximum Gasteiger partial charge on any atom is 0.192 e. The van der Waals surface area contributed by atoms with Crippen molar-refractivity contribution in [2.75, 3.05) is 22.0 Å². The lowest BCUT2D eigenvalue weighted by Gasteiger charge is -2.15. The van der Waals surface area contributed by atoms with Crippen molar-refractivity contribution in [1.82, 2.24) is 0 Å². The number of nitrogens with zero attached hydrogens (tertiary/aromatic N) is 1. The highest BCUT2D eigenvalue weighted by Gasteiger charge is 2.26. The third kappa shape index (κ3) is 5.57. The van der Waals surface area contributed by atoms with Crippen LogP contribution in [0.1, 0.15) is 43.1 Å². The molecular weight excluding hydrogens is 403 g/mol. The molecule has 2 rings (SSSR count). The molecular formula is C19H25FN2O4S2. The molecule has 1 fully saturated rings. The molecule has 1 aromatic carbocycles. The first-order valence-corrected chi connectivity index (χ1v) is 12.2. The van der Waals surface area contributed by atoms with Gasteiger partial charge in [-0.2, -0.15) is 0 Å². The zero-order chi connectivity index (χ0) is 20.9. The number of rotatable bonds is 8. The van der Waals surface area contributed by atoms with E-state index in [1.807, 2.05) is 0 Å². The number of halogens is 1. The Morgan fingerprint density at radius 2 is 2.11 bits per heavy atom. The van der Waals surface area contributed by atoms with Crippen molar-refractivity contribution in [3.63, 3.8) is 0 Å². The van der Waals surface area contributed by atoms with Gasteiger partial charge in [0.2, 0.25) is 0 Å². The van der Waals surface area contributed by atoms with Crippen LogP contribution in [0.25, 0.3) is 0 Å². The molecule has 6 nitrogen and oxygen atoms in total. The number of allylic oxidation sites excluding steroid dienone is 2. The molecule has 0 saturated carbocycles. The maximum absolute atomic E-state index is 14.4. The summed E-state index contributed by atoms with van der Waals surface area (Å²) in [6.07, 6.45) is 3.74. The molecule has 1 saturated heterocycles. The Morgan fingerprint density at radius 1 is 1.39 bits per heavy atom. The lowest BCUT2D eigenvalue weighted by Crippen LogP contribution is -2.14. The molecule has 2 unspecified atom stereocenters. The fourth-order valence-electron chi connectivity index (χ4n) is 2.96. The molecule has 0 radical (unpaired) electrons. The van der Waals surface area contributed by atoms with E-state index in [-0.39, 0.29) is 28.7 Å². The van der Waals surface area contributed by atoms with E-state index in [0.29, 0.717) is 29.8 Å². The second kappa shape index (κ2) is 9.56. The van der Waals surface area contributed by atoms with Crippen LogP contribution in [0.15, 0.2) is 28.8 Å². The van der Waals surface area contributed by atoms with E-state index >= 15 is 0 Å². The van der Waals surface area contributed by atoms with Crippen molar-refractivity contribution in [2.45, 2.75) is 39.7 Å². The van der Waals surface area contributed by atoms with Crippen LogP contribution < -0.4 is 4.72 Å². The Kier molecular flexibility index (Phi) is 7.65. The molecule has 0 aromatic heterocycles. The zero-order valence-corrected chi connectivity index (χ0v) is 17.8. The summed E-state index contributed by atoms with van der Waals surface area (Å²) < 4.78 is 52.0. The first kappa shape index (κ1) is 22.4. The minimum Gasteiger partial charge on any atom is -0.305 e. The van der Waals surface area contributed by atoms with Crippen molar-refractivity contribution in [2.24, 2.45) is 4.99 Å². The van der Waals surface area contributed by atoms with Crippen molar-refractivity contribution >= 4 is 38.5 Å². The van der Waals surface area contributed by atoms with Gasteiger partial charge >= 0.3 is 0 Å². The van der Waals surface area contributed by atoms with Crippen LogP contribution in [0.2, 0.25) is 0 Å². The number of carbonyl (C=O) groups is 1. The molecule has 1 aliphatic rings. The molecule has 1 N–H and O–H groups in total. The lowest BCUT2D eigenvalue weighted by atomic mass is 9.95. The normalized spacial score (nSPS) is 20.4. The maximum atomic E-state index is 14.4. The summed E-state index contributed by atoms with van der Waals surface area (Å²) in [5.41, 5.74) is 1.18. The highest BCUT2D eigenvalue weighted by molar-refractivity contribution is 7.91. The molecule has 1 aliphatic heterocycles. The van der Waals surface area contributed by atoms with Gasteiger partial charge in [0.05, 0.1) is 28.8 Å². The number of carbonyl (C=O) groups excluding carboxylic acids is 1. The van der Waals surface area contributed by atoms with E-state index in [1.54, 1.807) is 20.8 Å². The van der Waals surface area contributed by atoms with E-state index < -0.39 is 32.4 Å². The van der Waals surface area contributed by atoms with Crippen LogP contribution in [0.5, 0.6) is 0 Å². The molecule has 0 spiro atoms. The molecule has 154 valence electrons. The summed E-state index contributed by atoms with van der Waals surface area (Å²) in [5, 5.41) is 0. The summed E-state index contributed by atoms with van der Waals surface area (Å²) in [5.74, 6) is -0.593. The number of hydrogen-bond acceptors (Lipinski definition) is 5. The van der Waals surface area contributed by atoms with Gasteiger partial charge in [0.25, 0.3) is 0 Å². The fraction of sp³-hybridized carbons (Fsp3) is 0.474. The zero-order valence-electron chi connectivity index (χ0n) is 16.2. The van der Waals surface area contributed by atoms with E-state index in [2.05, 4.69) is 9.71 Å². The van der Waals surface area contributed by atoms with E-state index in [9.17, 15) is 21.8 Å². The number of ketones is 1. The summed E-state index contributed by atoms with van der Waals surface area (Å²) in [4.78, 5) is 17.0. The van der Waals surface area contributed by atoms with Gasteiger partial charge in [-0.25, -0.2) is 17.0 Å². The predicted octanol–water partition coefficient (Wildman–Crippen LogP) is 2.87. The number of sulfone groups is 1. The monoisotopic (exact) mass is 428 g/mol. The van der Waals surface area contributed by atoms with Gasteiger partial charge < -0.3 is 4.72 Å². The molecule has 0 bridgehead atoms. The van der Waals surface area contributed by atoms with Gasteiger partial charge in [-0.3, -0.25) is 9.79 Å². The van der Waals surface area contributed by atoms with Crippen molar-refractivity contribution in [3.05, 3.63) is 40.7 Å². The first-order valence-electron chi connectivity index (χ1n) is 9.10. The largest absolute Gasteiger partial charge is 0.305 e. The number of hydrogen-bond donors (Lipinski definition) is 1. The number of anilines is 1. The molecule has 1 aromatic rings. The molecule has 9 heteroatoms. The fourth-order valence-corrected chi connectivity index (χ4v) is 5.18. The molecule has 2 atom stereocenters. The van der Waals surface area contributed by atoms with Gasteiger partial charge in [0.15, 0.2) is 15.6 Å². The Balaban J connectivity index is 2.26. The van der Waals surface area contributed by atoms with Crippen LogP contribution >= 0.6 is 0 Å². The van der Waals surface area contributed by atoms with Crippen LogP contribution in [-0.4, -0.2) is 47.9 Å². The summed E-state index contributed by atoms with van der Waals surface area (Å²) in [6, 6.07) is 2.37. The third-order valence-corrected chi connectivity index (χ3v) is 7.24. The van der Waals surface area contributed by atoms with Gasteiger partial charge in [-0.15, -0.1) is 0 Å². The SMILES string of the molecule is CCc1c(NS(=O)CC)ccc(F)c1C(=O)/C(C)=C\C=NC1CCS(=O)(=O)C1. The number of aliphatic imine (C=N–C) groups is 1. The van der Waals surface area contributed by atoms with Crippen molar-refractivity contribution in [3.8, 4) is 0 Å². The van der Waals surface area contributed by atoms with E-state index in [4.69, 9.17) is 0 Å². The van der Waals surface area contributed by atoms with Crippen LogP contribution in [-0.2, 0) is 27.2 Å². The van der Waals surface area contributed by atoms with E-state index in [1.165, 1.54) is 24.4 Å². The smallest absolute Gasteiger partial charge is 0.192 e. The highest BCUT2D eigenvalue weighted by Crippen LogP contribution is 2.26. The van der Waals surface area contributed by atoms with Gasteiger partial charge in [-0.05, 0) is 49.1 Å². The molecule has 0 aliphatic carbocycles. The Bertz CT molecular complexity index is 939. The van der Waals surface area contributed by atoms with Crippen LogP contribution in [0.4, 0.5) is 10.1 Å². The summed E-state index contributed by atoms with van der Waals surface area (Å²) in [6.45, 7) is 5.11. The molecule has 0 amide bonds. The number of nitrogens with one attached hydrogen (secondary N) is 1. The lowest BCUT2D eigenvalue weighted by molar-refractivity contribution is 0.103. The third-order valence-electron chi connectivity index (χ3n) is 4.52.